The van der Waals surface area contributed by atoms with Crippen molar-refractivity contribution in [3.8, 4) is 5.75 Å². The molecule has 1 aliphatic heterocycles. The van der Waals surface area contributed by atoms with Crippen LogP contribution in [0.25, 0.3) is 10.8 Å². The molecule has 0 aliphatic carbocycles. The van der Waals surface area contributed by atoms with Crippen molar-refractivity contribution in [3.63, 3.8) is 0 Å². The number of aromatic hydroxyl groups is 1. The third kappa shape index (κ3) is 4.50. The molecule has 0 bridgehead atoms. The van der Waals surface area contributed by atoms with Crippen molar-refractivity contribution in [2.75, 3.05) is 33.3 Å². The van der Waals surface area contributed by atoms with Gasteiger partial charge >= 0.3 is 0 Å². The molecule has 5 heteroatoms. The normalized spacial score (nSPS) is 16.2. The minimum atomic E-state index is -0.248. The molecule has 0 saturated carbocycles. The third-order valence-corrected chi connectivity index (χ3v) is 4.77. The van der Waals surface area contributed by atoms with Crippen LogP contribution >= 0.6 is 0 Å². The number of carbonyl (C=O) groups excluding carboxylic acids is 1. The van der Waals surface area contributed by atoms with E-state index in [9.17, 15) is 9.90 Å². The van der Waals surface area contributed by atoms with Gasteiger partial charge in [0.25, 0.3) is 5.91 Å². The van der Waals surface area contributed by atoms with Gasteiger partial charge in [0.15, 0.2) is 0 Å². The first-order valence-electron chi connectivity index (χ1n) is 8.94. The highest BCUT2D eigenvalue weighted by molar-refractivity contribution is 6.03. The number of ether oxygens (including phenoxy) is 1. The summed E-state index contributed by atoms with van der Waals surface area (Å²) in [5.74, 6) is -0.208. The van der Waals surface area contributed by atoms with Crippen LogP contribution < -0.4 is 5.32 Å². The van der Waals surface area contributed by atoms with Gasteiger partial charge in [-0.15, -0.1) is 0 Å². The van der Waals surface area contributed by atoms with E-state index in [0.717, 1.165) is 37.7 Å². The second-order valence-electron chi connectivity index (χ2n) is 6.67. The number of phenols is 1. The van der Waals surface area contributed by atoms with Crippen LogP contribution in [0.5, 0.6) is 5.75 Å². The Hall–Kier alpha value is -2.11. The van der Waals surface area contributed by atoms with Gasteiger partial charge < -0.3 is 20.1 Å². The van der Waals surface area contributed by atoms with E-state index in [2.05, 4.69) is 17.3 Å². The molecule has 1 fully saturated rings. The molecular formula is C20H26N2O3. The quantitative estimate of drug-likeness (QED) is 0.793. The lowest BCUT2D eigenvalue weighted by molar-refractivity contribution is 0.0117. The predicted molar refractivity (Wildman–Crippen MR) is 99.0 cm³/mol. The fourth-order valence-corrected chi connectivity index (χ4v) is 3.21. The second kappa shape index (κ2) is 8.32. The first-order valence-corrected chi connectivity index (χ1v) is 8.94. The molecule has 5 nitrogen and oxygen atoms in total. The Morgan fingerprint density at radius 2 is 2.00 bits per heavy atom. The number of fused-ring (bicyclic) bond motifs is 1. The fraction of sp³-hybridized carbons (Fsp3) is 0.450. The maximum absolute atomic E-state index is 12.3. The van der Waals surface area contributed by atoms with E-state index in [0.29, 0.717) is 30.2 Å². The predicted octanol–water partition coefficient (Wildman–Crippen LogP) is 2.78. The zero-order chi connectivity index (χ0) is 17.6. The van der Waals surface area contributed by atoms with E-state index in [1.54, 1.807) is 6.07 Å². The smallest absolute Gasteiger partial charge is 0.255 e. The van der Waals surface area contributed by atoms with Gasteiger partial charge in [-0.25, -0.2) is 0 Å². The number of nitrogens with zero attached hydrogens (tertiary/aromatic N) is 1. The Bertz CT molecular complexity index is 724. The minimum Gasteiger partial charge on any atom is -0.506 e. The van der Waals surface area contributed by atoms with Crippen LogP contribution in [0, 0.1) is 0 Å². The zero-order valence-corrected chi connectivity index (χ0v) is 14.7. The molecular weight excluding hydrogens is 316 g/mol. The Kier molecular flexibility index (Phi) is 5.89. The summed E-state index contributed by atoms with van der Waals surface area (Å²) in [5, 5.41) is 14.8. The molecule has 25 heavy (non-hydrogen) atoms. The zero-order valence-electron chi connectivity index (χ0n) is 14.7. The molecule has 1 saturated heterocycles. The van der Waals surface area contributed by atoms with Crippen LogP contribution in [0.3, 0.4) is 0 Å². The molecule has 0 unspecified atom stereocenters. The van der Waals surface area contributed by atoms with Crippen molar-refractivity contribution >= 4 is 16.7 Å². The molecule has 3 rings (SSSR count). The molecule has 0 aromatic heterocycles. The summed E-state index contributed by atoms with van der Waals surface area (Å²) in [5.41, 5.74) is 0.315. The maximum atomic E-state index is 12.3. The molecule has 0 atom stereocenters. The number of benzene rings is 2. The lowest BCUT2D eigenvalue weighted by Crippen LogP contribution is -2.34. The fourth-order valence-electron chi connectivity index (χ4n) is 3.21. The molecule has 2 N–H and O–H groups in total. The summed E-state index contributed by atoms with van der Waals surface area (Å²) in [6, 6.07) is 11.0. The molecule has 2 aromatic rings. The highest BCUT2D eigenvalue weighted by atomic mass is 16.5. The number of carbonyl (C=O) groups is 1. The summed E-state index contributed by atoms with van der Waals surface area (Å²) >= 11 is 0. The second-order valence-corrected chi connectivity index (χ2v) is 6.67. The molecule has 1 amide bonds. The summed E-state index contributed by atoms with van der Waals surface area (Å²) in [6.07, 6.45) is 3.27. The molecule has 1 heterocycles. The van der Waals surface area contributed by atoms with Crippen molar-refractivity contribution < 1.29 is 14.6 Å². The Morgan fingerprint density at radius 3 is 2.80 bits per heavy atom. The van der Waals surface area contributed by atoms with Crippen molar-refractivity contribution in [2.45, 2.75) is 25.4 Å². The number of likely N-dealkylation sites (tertiary alicyclic amines) is 1. The summed E-state index contributed by atoms with van der Waals surface area (Å²) < 4.78 is 5.87. The lowest BCUT2D eigenvalue weighted by Gasteiger charge is -2.28. The summed E-state index contributed by atoms with van der Waals surface area (Å²) in [7, 11) is 2.13. The number of piperidine rings is 1. The van der Waals surface area contributed by atoms with Crippen molar-refractivity contribution in [1.29, 1.82) is 0 Å². The van der Waals surface area contributed by atoms with E-state index < -0.39 is 0 Å². The monoisotopic (exact) mass is 342 g/mol. The van der Waals surface area contributed by atoms with Gasteiger partial charge in [-0.2, -0.15) is 0 Å². The minimum absolute atomic E-state index is 0.0400. The Labute approximate surface area is 148 Å². The van der Waals surface area contributed by atoms with Gasteiger partial charge in [0.2, 0.25) is 0 Å². The van der Waals surface area contributed by atoms with Crippen molar-refractivity contribution in [1.82, 2.24) is 10.2 Å². The van der Waals surface area contributed by atoms with Gasteiger partial charge in [-0.1, -0.05) is 30.3 Å². The van der Waals surface area contributed by atoms with Gasteiger partial charge in [0, 0.05) is 31.6 Å². The van der Waals surface area contributed by atoms with Crippen LogP contribution in [-0.2, 0) is 4.74 Å². The molecule has 2 aromatic carbocycles. The molecule has 134 valence electrons. The average molecular weight is 342 g/mol. The Balaban J connectivity index is 1.44. The summed E-state index contributed by atoms with van der Waals surface area (Å²) in [4.78, 5) is 14.6. The van der Waals surface area contributed by atoms with Crippen molar-refractivity contribution in [3.05, 3.63) is 42.0 Å². The Morgan fingerprint density at radius 1 is 1.24 bits per heavy atom. The lowest BCUT2D eigenvalue weighted by atomic mass is 10.0. The topological polar surface area (TPSA) is 61.8 Å². The van der Waals surface area contributed by atoms with Crippen LogP contribution in [0.15, 0.2) is 36.4 Å². The third-order valence-electron chi connectivity index (χ3n) is 4.77. The number of nitrogens with one attached hydrogen (secondary N) is 1. The van der Waals surface area contributed by atoms with E-state index in [-0.39, 0.29) is 11.7 Å². The number of hydrogen-bond donors (Lipinski definition) is 2. The highest BCUT2D eigenvalue weighted by Crippen LogP contribution is 2.28. The van der Waals surface area contributed by atoms with Crippen LogP contribution in [0.1, 0.15) is 29.6 Å². The number of hydrogen-bond acceptors (Lipinski definition) is 4. The van der Waals surface area contributed by atoms with Crippen LogP contribution in [0.4, 0.5) is 0 Å². The first-order chi connectivity index (χ1) is 12.1. The first kappa shape index (κ1) is 17.7. The number of rotatable bonds is 6. The van der Waals surface area contributed by atoms with Gasteiger partial charge in [0.1, 0.15) is 5.75 Å². The maximum Gasteiger partial charge on any atom is 0.255 e. The van der Waals surface area contributed by atoms with E-state index in [1.165, 1.54) is 0 Å². The van der Waals surface area contributed by atoms with Crippen molar-refractivity contribution in [2.24, 2.45) is 0 Å². The average Bonchev–Trinajstić information content (AvgIpc) is 2.63. The van der Waals surface area contributed by atoms with E-state index in [1.807, 2.05) is 30.3 Å². The largest absolute Gasteiger partial charge is 0.506 e. The van der Waals surface area contributed by atoms with Gasteiger partial charge in [-0.05, 0) is 37.8 Å². The van der Waals surface area contributed by atoms with Crippen LogP contribution in [0.2, 0.25) is 0 Å². The van der Waals surface area contributed by atoms with Crippen LogP contribution in [-0.4, -0.2) is 55.3 Å². The number of amides is 1. The number of phenolic OH excluding ortho intramolecular Hbond substituents is 1. The molecule has 0 spiro atoms. The standard InChI is InChI=1S/C20H26N2O3/c1-22-12-9-16(10-13-22)25-14-4-11-21-20(24)18-8-7-15-5-2-3-6-17(15)19(18)23/h2-3,5-8,16,23H,4,9-14H2,1H3,(H,21,24). The molecule has 0 radical (unpaired) electrons. The van der Waals surface area contributed by atoms with Gasteiger partial charge in [0.05, 0.1) is 11.7 Å². The summed E-state index contributed by atoms with van der Waals surface area (Å²) in [6.45, 7) is 3.36. The van der Waals surface area contributed by atoms with Gasteiger partial charge in [-0.3, -0.25) is 4.79 Å². The van der Waals surface area contributed by atoms with E-state index >= 15 is 0 Å². The SMILES string of the molecule is CN1CCC(OCCCNC(=O)c2ccc3ccccc3c2O)CC1. The molecule has 1 aliphatic rings. The van der Waals surface area contributed by atoms with E-state index in [4.69, 9.17) is 4.74 Å². The highest BCUT2D eigenvalue weighted by Gasteiger charge is 2.17.